The minimum Gasteiger partial charge on any atom is -0.508 e. The molecule has 0 radical (unpaired) electrons. The molecule has 0 amide bonds. The molecule has 2 N–H and O–H groups in total. The highest BCUT2D eigenvalue weighted by Crippen LogP contribution is 2.38. The minimum absolute atomic E-state index is 0.0978. The van der Waals surface area contributed by atoms with Crippen molar-refractivity contribution in [2.24, 2.45) is 0 Å². The molecule has 25 heavy (non-hydrogen) atoms. The van der Waals surface area contributed by atoms with Crippen molar-refractivity contribution in [3.63, 3.8) is 0 Å². The summed E-state index contributed by atoms with van der Waals surface area (Å²) in [5.74, 6) is 1.39. The van der Waals surface area contributed by atoms with Crippen LogP contribution in [-0.2, 0) is 0 Å². The zero-order valence-electron chi connectivity index (χ0n) is 13.4. The first kappa shape index (κ1) is 15.0. The first-order valence-electron chi connectivity index (χ1n) is 7.66. The number of fused-ring (bicyclic) bond motifs is 1. The summed E-state index contributed by atoms with van der Waals surface area (Å²) >= 11 is 0. The van der Waals surface area contributed by atoms with E-state index in [4.69, 9.17) is 4.74 Å². The number of phenols is 2. The van der Waals surface area contributed by atoms with Gasteiger partial charge in [0.2, 0.25) is 5.78 Å². The Balaban J connectivity index is 2.02. The Bertz CT molecular complexity index is 1060. The van der Waals surface area contributed by atoms with E-state index in [-0.39, 0.29) is 11.5 Å². The summed E-state index contributed by atoms with van der Waals surface area (Å²) in [6, 6.07) is 12.0. The van der Waals surface area contributed by atoms with Crippen LogP contribution in [0.25, 0.3) is 28.2 Å². The standard InChI is InChI=1S/C19H15N3O3/c1-25-14-6-7-15(17(24)10-14)18-16(12-2-4-13(23)5-3-12)11-21-19-20-8-9-22(18)19/h2-11,23-24H,1H3. The highest BCUT2D eigenvalue weighted by Gasteiger charge is 2.17. The van der Waals surface area contributed by atoms with Gasteiger partial charge in [-0.15, -0.1) is 0 Å². The van der Waals surface area contributed by atoms with Crippen LogP contribution in [0.1, 0.15) is 0 Å². The van der Waals surface area contributed by atoms with E-state index in [9.17, 15) is 10.2 Å². The van der Waals surface area contributed by atoms with E-state index < -0.39 is 0 Å². The molecule has 4 aromatic rings. The summed E-state index contributed by atoms with van der Waals surface area (Å²) in [7, 11) is 1.55. The lowest BCUT2D eigenvalue weighted by atomic mass is 9.99. The number of benzene rings is 2. The van der Waals surface area contributed by atoms with Crippen molar-refractivity contribution in [3.8, 4) is 39.6 Å². The number of nitrogens with zero attached hydrogens (tertiary/aromatic N) is 3. The lowest BCUT2D eigenvalue weighted by Crippen LogP contribution is -1.98. The van der Waals surface area contributed by atoms with E-state index in [0.29, 0.717) is 17.1 Å². The highest BCUT2D eigenvalue weighted by molar-refractivity contribution is 5.84. The fraction of sp³-hybridized carbons (Fsp3) is 0.0526. The molecule has 0 aliphatic rings. The summed E-state index contributed by atoms with van der Waals surface area (Å²) in [6.07, 6.45) is 5.17. The second-order valence-corrected chi connectivity index (χ2v) is 5.55. The topological polar surface area (TPSA) is 79.9 Å². The van der Waals surface area contributed by atoms with Gasteiger partial charge < -0.3 is 14.9 Å². The molecule has 0 unspecified atom stereocenters. The number of methoxy groups -OCH3 is 1. The smallest absolute Gasteiger partial charge is 0.234 e. The molecule has 2 aromatic heterocycles. The molecule has 0 aliphatic heterocycles. The van der Waals surface area contributed by atoms with Crippen molar-refractivity contribution in [2.75, 3.05) is 7.11 Å². The van der Waals surface area contributed by atoms with Crippen LogP contribution in [0.2, 0.25) is 0 Å². The summed E-state index contributed by atoms with van der Waals surface area (Å²) in [6.45, 7) is 0. The molecule has 6 nitrogen and oxygen atoms in total. The van der Waals surface area contributed by atoms with Crippen LogP contribution in [0.15, 0.2) is 61.1 Å². The van der Waals surface area contributed by atoms with E-state index >= 15 is 0 Å². The van der Waals surface area contributed by atoms with Gasteiger partial charge in [0.15, 0.2) is 0 Å². The predicted molar refractivity (Wildman–Crippen MR) is 93.7 cm³/mol. The van der Waals surface area contributed by atoms with Crippen molar-refractivity contribution in [1.29, 1.82) is 0 Å². The van der Waals surface area contributed by atoms with Crippen molar-refractivity contribution in [3.05, 3.63) is 61.1 Å². The number of ether oxygens (including phenoxy) is 1. The van der Waals surface area contributed by atoms with Crippen LogP contribution in [0.5, 0.6) is 17.2 Å². The van der Waals surface area contributed by atoms with Crippen molar-refractivity contribution < 1.29 is 14.9 Å². The number of phenolic OH excluding ortho intramolecular Hbond substituents is 2. The van der Waals surface area contributed by atoms with Gasteiger partial charge >= 0.3 is 0 Å². The molecule has 4 rings (SSSR count). The SMILES string of the molecule is COc1ccc(-c2c(-c3ccc(O)cc3)cnc3nccn23)c(O)c1. The molecule has 0 saturated heterocycles. The molecule has 0 fully saturated rings. The Hall–Kier alpha value is -3.54. The molecule has 0 atom stereocenters. The van der Waals surface area contributed by atoms with Gasteiger partial charge in [-0.3, -0.25) is 4.40 Å². The van der Waals surface area contributed by atoms with Gasteiger partial charge in [0, 0.05) is 35.8 Å². The average molecular weight is 333 g/mol. The quantitative estimate of drug-likeness (QED) is 0.600. The molecule has 0 aliphatic carbocycles. The number of aromatic hydroxyl groups is 2. The number of rotatable bonds is 3. The van der Waals surface area contributed by atoms with E-state index in [2.05, 4.69) is 9.97 Å². The van der Waals surface area contributed by atoms with Gasteiger partial charge in [-0.1, -0.05) is 12.1 Å². The molecule has 0 bridgehead atoms. The third-order valence-corrected chi connectivity index (χ3v) is 4.06. The summed E-state index contributed by atoms with van der Waals surface area (Å²) in [4.78, 5) is 8.60. The van der Waals surface area contributed by atoms with Crippen LogP contribution in [0.3, 0.4) is 0 Å². The van der Waals surface area contributed by atoms with Crippen molar-refractivity contribution in [2.45, 2.75) is 0 Å². The van der Waals surface area contributed by atoms with Crippen LogP contribution < -0.4 is 4.74 Å². The third kappa shape index (κ3) is 2.53. The van der Waals surface area contributed by atoms with Crippen molar-refractivity contribution >= 4 is 5.78 Å². The zero-order chi connectivity index (χ0) is 17.4. The number of hydrogen-bond donors (Lipinski definition) is 2. The molecule has 0 spiro atoms. The number of hydrogen-bond acceptors (Lipinski definition) is 5. The second kappa shape index (κ2) is 5.83. The molecular formula is C19H15N3O3. The van der Waals surface area contributed by atoms with Gasteiger partial charge in [-0.05, 0) is 29.8 Å². The van der Waals surface area contributed by atoms with E-state index in [1.807, 2.05) is 4.40 Å². The van der Waals surface area contributed by atoms with Crippen LogP contribution in [0.4, 0.5) is 0 Å². The van der Waals surface area contributed by atoms with Gasteiger partial charge in [0.25, 0.3) is 0 Å². The Kier molecular flexibility index (Phi) is 3.50. The number of aromatic nitrogens is 3. The van der Waals surface area contributed by atoms with E-state index in [1.54, 1.807) is 68.2 Å². The van der Waals surface area contributed by atoms with Gasteiger partial charge in [0.1, 0.15) is 17.2 Å². The molecular weight excluding hydrogens is 318 g/mol. The zero-order valence-corrected chi connectivity index (χ0v) is 13.4. The normalized spacial score (nSPS) is 10.9. The van der Waals surface area contributed by atoms with Crippen LogP contribution in [-0.4, -0.2) is 31.7 Å². The molecule has 2 heterocycles. The lowest BCUT2D eigenvalue weighted by molar-refractivity contribution is 0.408. The van der Waals surface area contributed by atoms with Gasteiger partial charge in [-0.25, -0.2) is 9.97 Å². The van der Waals surface area contributed by atoms with E-state index in [0.717, 1.165) is 16.8 Å². The monoisotopic (exact) mass is 333 g/mol. The first-order chi connectivity index (χ1) is 12.2. The minimum atomic E-state index is 0.0978. The lowest BCUT2D eigenvalue weighted by Gasteiger charge is -2.14. The van der Waals surface area contributed by atoms with Crippen LogP contribution in [0, 0.1) is 0 Å². The highest BCUT2D eigenvalue weighted by atomic mass is 16.5. The fourth-order valence-electron chi connectivity index (χ4n) is 2.84. The van der Waals surface area contributed by atoms with Gasteiger partial charge in [-0.2, -0.15) is 0 Å². The molecule has 124 valence electrons. The summed E-state index contributed by atoms with van der Waals surface area (Å²) in [5, 5.41) is 20.1. The Labute approximate surface area is 143 Å². The second-order valence-electron chi connectivity index (χ2n) is 5.55. The Morgan fingerprint density at radius 1 is 0.960 bits per heavy atom. The number of imidazole rings is 1. The molecule has 0 saturated carbocycles. The van der Waals surface area contributed by atoms with Gasteiger partial charge in [0.05, 0.1) is 12.8 Å². The maximum atomic E-state index is 10.5. The molecule has 6 heteroatoms. The third-order valence-electron chi connectivity index (χ3n) is 4.06. The fourth-order valence-corrected chi connectivity index (χ4v) is 2.84. The largest absolute Gasteiger partial charge is 0.508 e. The maximum absolute atomic E-state index is 10.5. The Morgan fingerprint density at radius 2 is 1.76 bits per heavy atom. The van der Waals surface area contributed by atoms with E-state index in [1.165, 1.54) is 0 Å². The Morgan fingerprint density at radius 3 is 2.48 bits per heavy atom. The van der Waals surface area contributed by atoms with Crippen LogP contribution >= 0.6 is 0 Å². The summed E-state index contributed by atoms with van der Waals surface area (Å²) < 4.78 is 6.99. The average Bonchev–Trinajstić information content (AvgIpc) is 3.10. The molecule has 2 aromatic carbocycles. The van der Waals surface area contributed by atoms with Crippen molar-refractivity contribution in [1.82, 2.24) is 14.4 Å². The predicted octanol–water partition coefficient (Wildman–Crippen LogP) is 3.48. The maximum Gasteiger partial charge on any atom is 0.234 e. The first-order valence-corrected chi connectivity index (χ1v) is 7.66. The summed E-state index contributed by atoms with van der Waals surface area (Å²) in [5.41, 5.74) is 3.07.